The number of oxazole rings is 1. The number of rotatable bonds is 3. The average molecular weight is 350 g/mol. The molecule has 1 saturated heterocycles. The minimum atomic E-state index is -3.39. The van der Waals surface area contributed by atoms with Crippen LogP contribution in [0.5, 0.6) is 0 Å². The maximum Gasteiger partial charge on any atom is 0.300 e. The normalized spacial score (nSPS) is 19.1. The van der Waals surface area contributed by atoms with Crippen LogP contribution >= 0.6 is 11.3 Å². The third kappa shape index (κ3) is 2.65. The number of fused-ring (bicyclic) bond motifs is 1. The molecule has 0 amide bonds. The van der Waals surface area contributed by atoms with Crippen LogP contribution in [0.25, 0.3) is 11.2 Å². The van der Waals surface area contributed by atoms with E-state index in [1.54, 1.807) is 29.8 Å². The van der Waals surface area contributed by atoms with Crippen molar-refractivity contribution in [1.29, 1.82) is 0 Å². The van der Waals surface area contributed by atoms with E-state index in [0.717, 1.165) is 0 Å². The molecular formula is C14H14N4O3S2. The lowest BCUT2D eigenvalue weighted by Gasteiger charge is -2.34. The van der Waals surface area contributed by atoms with Gasteiger partial charge in [0.1, 0.15) is 0 Å². The third-order valence-electron chi connectivity index (χ3n) is 3.75. The van der Waals surface area contributed by atoms with Crippen molar-refractivity contribution in [2.45, 2.75) is 4.21 Å². The molecule has 3 aromatic heterocycles. The molecule has 0 bridgehead atoms. The standard InChI is InChI=1S/C14H14N4O3S2/c19-23(20,12-4-2-10-22-12)18-8-6-17(7-9-18)14-16-13-11(21-14)3-1-5-15-13/h1-5,10H,6-9H2. The highest BCUT2D eigenvalue weighted by atomic mass is 32.3. The van der Waals surface area contributed by atoms with Crippen LogP contribution in [0.4, 0.5) is 6.01 Å². The summed E-state index contributed by atoms with van der Waals surface area (Å²) in [6.45, 7) is 1.90. The third-order valence-corrected chi connectivity index (χ3v) is 7.02. The Labute approximate surface area is 137 Å². The van der Waals surface area contributed by atoms with Gasteiger partial charge in [-0.25, -0.2) is 4.98 Å². The molecule has 1 unspecified atom stereocenters. The first-order chi connectivity index (χ1) is 11.1. The van der Waals surface area contributed by atoms with Gasteiger partial charge in [-0.05, 0) is 23.6 Å². The molecule has 4 rings (SSSR count). The van der Waals surface area contributed by atoms with E-state index in [9.17, 15) is 8.76 Å². The van der Waals surface area contributed by atoms with Crippen molar-refractivity contribution in [3.8, 4) is 0 Å². The largest absolute Gasteiger partial charge is 0.592 e. The van der Waals surface area contributed by atoms with Gasteiger partial charge in [-0.3, -0.25) is 0 Å². The molecule has 9 heteroatoms. The lowest BCUT2D eigenvalue weighted by Crippen LogP contribution is -2.50. The monoisotopic (exact) mass is 350 g/mol. The minimum Gasteiger partial charge on any atom is -0.592 e. The Morgan fingerprint density at radius 2 is 2.04 bits per heavy atom. The highest BCUT2D eigenvalue weighted by Gasteiger charge is 2.35. The molecule has 4 heterocycles. The van der Waals surface area contributed by atoms with Gasteiger partial charge in [-0.1, -0.05) is 15.5 Å². The van der Waals surface area contributed by atoms with Crippen LogP contribution in [0.1, 0.15) is 0 Å². The summed E-state index contributed by atoms with van der Waals surface area (Å²) in [7, 11) is -3.39. The molecule has 0 radical (unpaired) electrons. The van der Waals surface area contributed by atoms with E-state index >= 15 is 0 Å². The molecule has 0 aliphatic carbocycles. The number of nitrogens with zero attached hydrogens (tertiary/aromatic N) is 4. The van der Waals surface area contributed by atoms with Crippen LogP contribution in [0.3, 0.4) is 0 Å². The lowest BCUT2D eigenvalue weighted by atomic mass is 10.4. The number of sulfonamides is 1. The second kappa shape index (κ2) is 5.68. The molecule has 1 fully saturated rings. The fraction of sp³-hybridized carbons (Fsp3) is 0.286. The van der Waals surface area contributed by atoms with Crippen LogP contribution in [-0.2, 0) is 14.6 Å². The number of piperazine rings is 1. The maximum atomic E-state index is 12.5. The number of hydrogen-bond donors (Lipinski definition) is 0. The first-order valence-corrected chi connectivity index (χ1v) is 9.47. The number of anilines is 1. The van der Waals surface area contributed by atoms with Gasteiger partial charge in [0.15, 0.2) is 16.0 Å². The summed E-state index contributed by atoms with van der Waals surface area (Å²) >= 11 is 1.24. The molecule has 0 spiro atoms. The number of thiophene rings is 1. The molecule has 1 aliphatic rings. The van der Waals surface area contributed by atoms with Crippen LogP contribution in [0.15, 0.2) is 44.5 Å². The fourth-order valence-electron chi connectivity index (χ4n) is 2.55. The quantitative estimate of drug-likeness (QED) is 0.672. The van der Waals surface area contributed by atoms with Crippen molar-refractivity contribution >= 4 is 39.0 Å². The van der Waals surface area contributed by atoms with E-state index in [1.165, 1.54) is 15.6 Å². The molecule has 1 atom stereocenters. The van der Waals surface area contributed by atoms with E-state index in [4.69, 9.17) is 4.42 Å². The minimum absolute atomic E-state index is 0.386. The van der Waals surface area contributed by atoms with E-state index in [2.05, 4.69) is 9.97 Å². The summed E-state index contributed by atoms with van der Waals surface area (Å²) in [6, 6.07) is 7.49. The fourth-order valence-corrected chi connectivity index (χ4v) is 5.12. The molecule has 23 heavy (non-hydrogen) atoms. The predicted octanol–water partition coefficient (Wildman–Crippen LogP) is 2.01. The Morgan fingerprint density at radius 1 is 1.22 bits per heavy atom. The van der Waals surface area contributed by atoms with E-state index < -0.39 is 10.4 Å². The molecule has 1 aliphatic heterocycles. The summed E-state index contributed by atoms with van der Waals surface area (Å²) in [5.41, 5.74) is 1.20. The van der Waals surface area contributed by atoms with Crippen molar-refractivity contribution < 1.29 is 13.2 Å². The summed E-state index contributed by atoms with van der Waals surface area (Å²) in [6.07, 6.45) is 1.67. The van der Waals surface area contributed by atoms with Crippen LogP contribution < -0.4 is 4.90 Å². The highest BCUT2D eigenvalue weighted by Crippen LogP contribution is 2.28. The molecular weight excluding hydrogens is 336 g/mol. The highest BCUT2D eigenvalue weighted by molar-refractivity contribution is 7.97. The zero-order valence-corrected chi connectivity index (χ0v) is 13.8. The predicted molar refractivity (Wildman–Crippen MR) is 87.0 cm³/mol. The molecule has 0 saturated carbocycles. The van der Waals surface area contributed by atoms with E-state index in [0.29, 0.717) is 47.6 Å². The van der Waals surface area contributed by atoms with E-state index in [-0.39, 0.29) is 0 Å². The van der Waals surface area contributed by atoms with Crippen molar-refractivity contribution in [3.63, 3.8) is 0 Å². The molecule has 0 aromatic carbocycles. The number of aromatic nitrogens is 2. The Morgan fingerprint density at radius 3 is 2.74 bits per heavy atom. The topological polar surface area (TPSA) is 85.5 Å². The molecule has 7 nitrogen and oxygen atoms in total. The number of hydrogen-bond acceptors (Lipinski definition) is 7. The van der Waals surface area contributed by atoms with Crippen molar-refractivity contribution in [1.82, 2.24) is 14.3 Å². The number of pyridine rings is 1. The van der Waals surface area contributed by atoms with Gasteiger partial charge in [0.2, 0.25) is 9.86 Å². The second-order valence-corrected chi connectivity index (χ2v) is 8.26. The summed E-state index contributed by atoms with van der Waals surface area (Å²) in [5.74, 6) is 0. The Balaban J connectivity index is 1.49. The van der Waals surface area contributed by atoms with Crippen molar-refractivity contribution in [2.24, 2.45) is 0 Å². The second-order valence-electron chi connectivity index (χ2n) is 5.14. The van der Waals surface area contributed by atoms with Crippen LogP contribution in [0.2, 0.25) is 0 Å². The molecule has 120 valence electrons. The summed E-state index contributed by atoms with van der Waals surface area (Å²) < 4.78 is 32.6. The van der Waals surface area contributed by atoms with Gasteiger partial charge in [-0.2, -0.15) is 4.98 Å². The van der Waals surface area contributed by atoms with Crippen molar-refractivity contribution in [2.75, 3.05) is 31.1 Å². The molecule has 3 aromatic rings. The first kappa shape index (κ1) is 14.8. The van der Waals surface area contributed by atoms with Gasteiger partial charge in [0.05, 0.1) is 13.1 Å². The van der Waals surface area contributed by atoms with E-state index in [1.807, 2.05) is 11.0 Å². The summed E-state index contributed by atoms with van der Waals surface area (Å²) in [5, 5.41) is 1.77. The van der Waals surface area contributed by atoms with Gasteiger partial charge in [0, 0.05) is 25.4 Å². The zero-order valence-electron chi connectivity index (χ0n) is 12.1. The average Bonchev–Trinajstić information content (AvgIpc) is 3.24. The smallest absolute Gasteiger partial charge is 0.300 e. The first-order valence-electron chi connectivity index (χ1n) is 7.15. The van der Waals surface area contributed by atoms with Crippen molar-refractivity contribution in [3.05, 3.63) is 35.8 Å². The molecule has 0 N–H and O–H groups in total. The lowest BCUT2D eigenvalue weighted by molar-refractivity contribution is 0.333. The van der Waals surface area contributed by atoms with Crippen LogP contribution in [0, 0.1) is 0 Å². The van der Waals surface area contributed by atoms with Gasteiger partial charge >= 0.3 is 0 Å². The Hall–Kier alpha value is -1.81. The Kier molecular flexibility index (Phi) is 3.64. The van der Waals surface area contributed by atoms with Crippen LogP contribution in [-0.4, -0.2) is 45.0 Å². The van der Waals surface area contributed by atoms with Gasteiger partial charge in [-0.15, -0.1) is 4.31 Å². The van der Waals surface area contributed by atoms with Gasteiger partial charge < -0.3 is 13.9 Å². The van der Waals surface area contributed by atoms with Gasteiger partial charge in [0.25, 0.3) is 6.01 Å². The maximum absolute atomic E-state index is 12.5. The SMILES string of the molecule is O=[S+]([O-])(c1cccs1)N1CCN(c2nc3ncccc3o2)CC1. The summed E-state index contributed by atoms with van der Waals surface area (Å²) in [4.78, 5) is 10.5. The zero-order chi connectivity index (χ0) is 15.9. The Bertz CT molecular complexity index is 823.